The number of nitrogens with one attached hydrogen (secondary N) is 1. The molecule has 0 rings (SSSR count). The molecule has 0 saturated carbocycles. The summed E-state index contributed by atoms with van der Waals surface area (Å²) in [6.07, 6.45) is 0.344. The van der Waals surface area contributed by atoms with Gasteiger partial charge in [-0.15, -0.1) is 0 Å². The minimum Gasteiger partial charge on any atom is -0.349 e. The van der Waals surface area contributed by atoms with E-state index in [-0.39, 0.29) is 11.9 Å². The van der Waals surface area contributed by atoms with Crippen molar-refractivity contribution in [1.82, 2.24) is 15.1 Å². The second-order valence-electron chi connectivity index (χ2n) is 3.28. The monoisotopic (exact) mass is 201 g/mol. The van der Waals surface area contributed by atoms with Crippen molar-refractivity contribution < 1.29 is 9.59 Å². The van der Waals surface area contributed by atoms with Crippen molar-refractivity contribution in [1.29, 1.82) is 0 Å². The number of rotatable bonds is 4. The van der Waals surface area contributed by atoms with E-state index in [4.69, 9.17) is 0 Å². The first-order chi connectivity index (χ1) is 6.49. The molecule has 5 heteroatoms. The zero-order chi connectivity index (χ0) is 11.1. The van der Waals surface area contributed by atoms with Crippen LogP contribution in [0.25, 0.3) is 0 Å². The minimum atomic E-state index is -0.140. The molecule has 0 aliphatic heterocycles. The number of hydrogen-bond acceptors (Lipinski definition) is 2. The summed E-state index contributed by atoms with van der Waals surface area (Å²) in [6.45, 7) is 2.94. The number of nitrogens with zero attached hydrogens (tertiary/aromatic N) is 2. The molecule has 0 aromatic rings. The molecular weight excluding hydrogens is 182 g/mol. The van der Waals surface area contributed by atoms with Gasteiger partial charge in [0.1, 0.15) is 0 Å². The molecule has 0 heterocycles. The van der Waals surface area contributed by atoms with Gasteiger partial charge in [0.05, 0.1) is 0 Å². The molecule has 0 aliphatic rings. The van der Waals surface area contributed by atoms with Gasteiger partial charge in [0.25, 0.3) is 0 Å². The third-order valence-electron chi connectivity index (χ3n) is 1.93. The largest absolute Gasteiger partial charge is 0.349 e. The lowest BCUT2D eigenvalue weighted by molar-refractivity contribution is -0.128. The van der Waals surface area contributed by atoms with E-state index in [1.807, 2.05) is 6.92 Å². The zero-order valence-electron chi connectivity index (χ0n) is 9.33. The molecule has 1 N–H and O–H groups in total. The Bertz CT molecular complexity index is 204. The van der Waals surface area contributed by atoms with E-state index in [9.17, 15) is 9.59 Å². The normalized spacial score (nSPS) is 9.43. The van der Waals surface area contributed by atoms with E-state index in [2.05, 4.69) is 5.32 Å². The Morgan fingerprint density at radius 1 is 1.21 bits per heavy atom. The van der Waals surface area contributed by atoms with E-state index in [0.29, 0.717) is 19.5 Å². The second kappa shape index (κ2) is 6.23. The van der Waals surface area contributed by atoms with Gasteiger partial charge in [0, 0.05) is 40.7 Å². The molecule has 5 nitrogen and oxygen atoms in total. The summed E-state index contributed by atoms with van der Waals surface area (Å²) in [5.41, 5.74) is 0. The van der Waals surface area contributed by atoms with Crippen LogP contribution in [0.4, 0.5) is 4.79 Å². The molecule has 82 valence electrons. The van der Waals surface area contributed by atoms with Gasteiger partial charge >= 0.3 is 6.03 Å². The fourth-order valence-electron chi connectivity index (χ4n) is 0.779. The number of hydrogen-bond donors (Lipinski definition) is 1. The van der Waals surface area contributed by atoms with Crippen molar-refractivity contribution in [3.05, 3.63) is 0 Å². The van der Waals surface area contributed by atoms with Gasteiger partial charge in [0.2, 0.25) is 5.91 Å². The van der Waals surface area contributed by atoms with Crippen LogP contribution in [0.1, 0.15) is 13.3 Å². The molecule has 0 atom stereocenters. The van der Waals surface area contributed by atoms with Crippen molar-refractivity contribution in [2.75, 3.05) is 34.2 Å². The van der Waals surface area contributed by atoms with E-state index in [1.54, 1.807) is 26.0 Å². The van der Waals surface area contributed by atoms with Crippen molar-refractivity contribution in [2.45, 2.75) is 13.3 Å². The van der Waals surface area contributed by atoms with Gasteiger partial charge in [-0.2, -0.15) is 0 Å². The molecule has 14 heavy (non-hydrogen) atoms. The average molecular weight is 201 g/mol. The molecule has 0 unspecified atom stereocenters. The molecule has 0 aliphatic carbocycles. The number of carbonyl (C=O) groups is 2. The average Bonchev–Trinajstić information content (AvgIpc) is 2.15. The van der Waals surface area contributed by atoms with Gasteiger partial charge < -0.3 is 15.1 Å². The van der Waals surface area contributed by atoms with Crippen LogP contribution >= 0.6 is 0 Å². The summed E-state index contributed by atoms with van der Waals surface area (Å²) in [7, 11) is 5.10. The van der Waals surface area contributed by atoms with E-state index in [0.717, 1.165) is 0 Å². The van der Waals surface area contributed by atoms with Crippen molar-refractivity contribution in [2.24, 2.45) is 0 Å². The second-order valence-corrected chi connectivity index (χ2v) is 3.28. The van der Waals surface area contributed by atoms with Gasteiger partial charge in [0.15, 0.2) is 0 Å². The molecule has 0 saturated heterocycles. The summed E-state index contributed by atoms with van der Waals surface area (Å²) >= 11 is 0. The lowest BCUT2D eigenvalue weighted by Crippen LogP contribution is -2.38. The van der Waals surface area contributed by atoms with Crippen molar-refractivity contribution in [3.63, 3.8) is 0 Å². The van der Waals surface area contributed by atoms with Crippen molar-refractivity contribution in [3.8, 4) is 0 Å². The van der Waals surface area contributed by atoms with Crippen LogP contribution in [0.15, 0.2) is 0 Å². The fraction of sp³-hybridized carbons (Fsp3) is 0.778. The molecule has 3 amide bonds. The van der Waals surface area contributed by atoms with Gasteiger partial charge in [-0.3, -0.25) is 4.79 Å². The summed E-state index contributed by atoms with van der Waals surface area (Å²) in [5.74, 6) is 0.0180. The Balaban J connectivity index is 3.64. The quantitative estimate of drug-likeness (QED) is 0.702. The third kappa shape index (κ3) is 4.69. The maximum atomic E-state index is 11.2. The van der Waals surface area contributed by atoms with Crippen LogP contribution in [0.5, 0.6) is 0 Å². The summed E-state index contributed by atoms with van der Waals surface area (Å²) in [5, 5.41) is 2.66. The van der Waals surface area contributed by atoms with Crippen LogP contribution < -0.4 is 5.32 Å². The Morgan fingerprint density at radius 3 is 2.21 bits per heavy atom. The third-order valence-corrected chi connectivity index (χ3v) is 1.93. The van der Waals surface area contributed by atoms with Crippen LogP contribution in [0, 0.1) is 0 Å². The van der Waals surface area contributed by atoms with Gasteiger partial charge in [-0.1, -0.05) is 0 Å². The molecule has 0 aromatic carbocycles. The molecule has 0 aromatic heterocycles. The van der Waals surface area contributed by atoms with Gasteiger partial charge in [-0.05, 0) is 6.92 Å². The highest BCUT2D eigenvalue weighted by atomic mass is 16.2. The fourth-order valence-corrected chi connectivity index (χ4v) is 0.779. The zero-order valence-corrected chi connectivity index (χ0v) is 9.33. The highest BCUT2D eigenvalue weighted by Gasteiger charge is 2.07. The first-order valence-electron chi connectivity index (χ1n) is 4.68. The Kier molecular flexibility index (Phi) is 5.67. The summed E-state index contributed by atoms with van der Waals surface area (Å²) in [4.78, 5) is 25.4. The van der Waals surface area contributed by atoms with Crippen LogP contribution in [0.3, 0.4) is 0 Å². The topological polar surface area (TPSA) is 52.7 Å². The SMILES string of the molecule is CCN(C)C(=O)NCCC(=O)N(C)C. The Labute approximate surface area is 85.1 Å². The summed E-state index contributed by atoms with van der Waals surface area (Å²) < 4.78 is 0. The molecule has 0 bridgehead atoms. The number of amides is 3. The highest BCUT2D eigenvalue weighted by molar-refractivity contribution is 5.77. The van der Waals surface area contributed by atoms with Crippen LogP contribution in [-0.2, 0) is 4.79 Å². The van der Waals surface area contributed by atoms with E-state index >= 15 is 0 Å². The highest BCUT2D eigenvalue weighted by Crippen LogP contribution is 1.87. The maximum absolute atomic E-state index is 11.2. The molecule has 0 spiro atoms. The number of urea groups is 1. The smallest absolute Gasteiger partial charge is 0.317 e. The first kappa shape index (κ1) is 12.7. The van der Waals surface area contributed by atoms with Crippen molar-refractivity contribution >= 4 is 11.9 Å². The Hall–Kier alpha value is -1.26. The first-order valence-corrected chi connectivity index (χ1v) is 4.68. The lowest BCUT2D eigenvalue weighted by atomic mass is 10.4. The minimum absolute atomic E-state index is 0.0180. The Morgan fingerprint density at radius 2 is 1.79 bits per heavy atom. The van der Waals surface area contributed by atoms with E-state index in [1.165, 1.54) is 4.90 Å². The predicted molar refractivity (Wildman–Crippen MR) is 55.0 cm³/mol. The summed E-state index contributed by atoms with van der Waals surface area (Å²) in [6, 6.07) is -0.140. The van der Waals surface area contributed by atoms with Crippen LogP contribution in [-0.4, -0.2) is 56.0 Å². The van der Waals surface area contributed by atoms with Gasteiger partial charge in [-0.25, -0.2) is 4.79 Å². The van der Waals surface area contributed by atoms with Crippen LogP contribution in [0.2, 0.25) is 0 Å². The molecule has 0 radical (unpaired) electrons. The standard InChI is InChI=1S/C9H19N3O2/c1-5-12(4)9(14)10-7-6-8(13)11(2)3/h5-7H2,1-4H3,(H,10,14). The lowest BCUT2D eigenvalue weighted by Gasteiger charge is -2.16. The number of carbonyl (C=O) groups excluding carboxylic acids is 2. The molecule has 0 fully saturated rings. The molecular formula is C9H19N3O2. The predicted octanol–water partition coefficient (Wildman–Crippen LogP) is 0.126. The maximum Gasteiger partial charge on any atom is 0.317 e. The van der Waals surface area contributed by atoms with E-state index < -0.39 is 0 Å².